The highest BCUT2D eigenvalue weighted by molar-refractivity contribution is 6.49. The summed E-state index contributed by atoms with van der Waals surface area (Å²) in [6, 6.07) is 4.92. The number of fused-ring (bicyclic) bond motifs is 1. The number of ether oxygens (including phenoxy) is 1. The van der Waals surface area contributed by atoms with E-state index in [1.807, 2.05) is 13.1 Å². The van der Waals surface area contributed by atoms with E-state index in [9.17, 15) is 9.59 Å². The molecule has 1 aromatic rings. The van der Waals surface area contributed by atoms with Crippen LogP contribution < -0.4 is 4.43 Å². The van der Waals surface area contributed by atoms with Crippen molar-refractivity contribution in [1.29, 1.82) is 0 Å². The summed E-state index contributed by atoms with van der Waals surface area (Å²) in [4.78, 5) is 22.6. The molecule has 1 aliphatic rings. The monoisotopic (exact) mass is 221 g/mol. The van der Waals surface area contributed by atoms with Crippen LogP contribution in [-0.2, 0) is 4.74 Å². The molecule has 1 aliphatic heterocycles. The molecule has 0 unspecified atom stereocenters. The zero-order valence-electron chi connectivity index (χ0n) is 8.37. The molecule has 0 spiro atoms. The van der Waals surface area contributed by atoms with Crippen molar-refractivity contribution in [1.82, 2.24) is 0 Å². The Balaban J connectivity index is 2.50. The van der Waals surface area contributed by atoms with Gasteiger partial charge in [0, 0.05) is 0 Å². The van der Waals surface area contributed by atoms with Gasteiger partial charge in [0.25, 0.3) is 9.04 Å². The maximum atomic E-state index is 11.4. The molecule has 2 rings (SSSR count). The lowest BCUT2D eigenvalue weighted by molar-refractivity contribution is 0.0443. The van der Waals surface area contributed by atoms with E-state index < -0.39 is 21.0 Å². The van der Waals surface area contributed by atoms with Crippen LogP contribution in [0.15, 0.2) is 18.2 Å². The SMILES string of the molecule is C[Si](C)Oc1cccc2c1C(=O)OC2=O. The Morgan fingerprint density at radius 3 is 2.60 bits per heavy atom. The van der Waals surface area contributed by atoms with Crippen LogP contribution in [0.1, 0.15) is 20.7 Å². The lowest BCUT2D eigenvalue weighted by atomic mass is 10.1. The van der Waals surface area contributed by atoms with Crippen LogP contribution in [0.25, 0.3) is 0 Å². The molecule has 0 atom stereocenters. The normalized spacial score (nSPS) is 14.1. The minimum absolute atomic E-state index is 0.258. The second-order valence-corrected chi connectivity index (χ2v) is 5.39. The summed E-state index contributed by atoms with van der Waals surface area (Å²) in [6.07, 6.45) is 0. The predicted molar refractivity (Wildman–Crippen MR) is 54.3 cm³/mol. The molecule has 0 aliphatic carbocycles. The van der Waals surface area contributed by atoms with Gasteiger partial charge in [0.15, 0.2) is 0 Å². The molecular weight excluding hydrogens is 212 g/mol. The Morgan fingerprint density at radius 2 is 1.93 bits per heavy atom. The van der Waals surface area contributed by atoms with Gasteiger partial charge in [-0.25, -0.2) is 9.59 Å². The van der Waals surface area contributed by atoms with Gasteiger partial charge < -0.3 is 9.16 Å². The van der Waals surface area contributed by atoms with Crippen LogP contribution in [0.2, 0.25) is 13.1 Å². The summed E-state index contributed by atoms with van der Waals surface area (Å²) in [5.41, 5.74) is 0.550. The van der Waals surface area contributed by atoms with Gasteiger partial charge in [-0.2, -0.15) is 0 Å². The molecule has 77 valence electrons. The standard InChI is InChI=1S/C10H9O4Si/c1-15(2)14-7-5-3-4-6-8(7)10(12)13-9(6)11/h3-5H,1-2H3. The predicted octanol–water partition coefficient (Wildman–Crippen LogP) is 1.63. The molecular formula is C10H9O4Si. The zero-order valence-corrected chi connectivity index (χ0v) is 9.37. The third-order valence-electron chi connectivity index (χ3n) is 1.95. The Hall–Kier alpha value is -1.62. The van der Waals surface area contributed by atoms with Gasteiger partial charge in [0.05, 0.1) is 5.56 Å². The van der Waals surface area contributed by atoms with Crippen molar-refractivity contribution in [2.24, 2.45) is 0 Å². The summed E-state index contributed by atoms with van der Waals surface area (Å²) in [6.45, 7) is 3.90. The fraction of sp³-hybridized carbons (Fsp3) is 0.200. The van der Waals surface area contributed by atoms with Crippen molar-refractivity contribution < 1.29 is 18.8 Å². The summed E-state index contributed by atoms with van der Waals surface area (Å²) in [5.74, 6) is -0.766. The van der Waals surface area contributed by atoms with Crippen molar-refractivity contribution in [2.45, 2.75) is 13.1 Å². The third-order valence-corrected chi connectivity index (χ3v) is 2.58. The first-order valence-corrected chi connectivity index (χ1v) is 6.88. The van der Waals surface area contributed by atoms with Gasteiger partial charge in [-0.15, -0.1) is 0 Å². The Labute approximate surface area is 88.5 Å². The van der Waals surface area contributed by atoms with E-state index in [4.69, 9.17) is 4.43 Å². The molecule has 0 amide bonds. The summed E-state index contributed by atoms with van der Waals surface area (Å²) >= 11 is 0. The molecule has 0 saturated heterocycles. The van der Waals surface area contributed by atoms with Crippen LogP contribution in [0, 0.1) is 0 Å². The van der Waals surface area contributed by atoms with Gasteiger partial charge in [-0.1, -0.05) is 6.07 Å². The molecule has 5 heteroatoms. The molecule has 0 N–H and O–H groups in total. The Kier molecular flexibility index (Phi) is 2.32. The van der Waals surface area contributed by atoms with Crippen LogP contribution in [0.3, 0.4) is 0 Å². The lowest BCUT2D eigenvalue weighted by Gasteiger charge is -2.09. The summed E-state index contributed by atoms with van der Waals surface area (Å²) < 4.78 is 10.0. The highest BCUT2D eigenvalue weighted by atomic mass is 28.3. The molecule has 1 radical (unpaired) electrons. The minimum Gasteiger partial charge on any atom is -0.542 e. The van der Waals surface area contributed by atoms with E-state index in [2.05, 4.69) is 4.74 Å². The number of carbonyl (C=O) groups is 2. The highest BCUT2D eigenvalue weighted by Crippen LogP contribution is 2.29. The second-order valence-electron chi connectivity index (χ2n) is 3.37. The fourth-order valence-electron chi connectivity index (χ4n) is 1.41. The van der Waals surface area contributed by atoms with E-state index in [0.29, 0.717) is 11.3 Å². The first-order chi connectivity index (χ1) is 7.09. The van der Waals surface area contributed by atoms with E-state index >= 15 is 0 Å². The van der Waals surface area contributed by atoms with Crippen molar-refractivity contribution in [3.05, 3.63) is 29.3 Å². The van der Waals surface area contributed by atoms with Gasteiger partial charge in [0.1, 0.15) is 11.3 Å². The third kappa shape index (κ3) is 1.66. The average molecular weight is 221 g/mol. The van der Waals surface area contributed by atoms with Crippen LogP contribution in [-0.4, -0.2) is 21.0 Å². The molecule has 0 fully saturated rings. The maximum absolute atomic E-state index is 11.4. The zero-order chi connectivity index (χ0) is 11.0. The second kappa shape index (κ2) is 3.51. The van der Waals surface area contributed by atoms with Crippen LogP contribution in [0.5, 0.6) is 5.75 Å². The van der Waals surface area contributed by atoms with E-state index in [0.717, 1.165) is 0 Å². The lowest BCUT2D eigenvalue weighted by Crippen LogP contribution is -2.13. The molecule has 1 heterocycles. The molecule has 4 nitrogen and oxygen atoms in total. The van der Waals surface area contributed by atoms with Gasteiger partial charge in [-0.05, 0) is 25.2 Å². The van der Waals surface area contributed by atoms with Crippen molar-refractivity contribution >= 4 is 21.0 Å². The smallest absolute Gasteiger partial charge is 0.350 e. The highest BCUT2D eigenvalue weighted by Gasteiger charge is 2.32. The largest absolute Gasteiger partial charge is 0.542 e. The van der Waals surface area contributed by atoms with Gasteiger partial charge in [0.2, 0.25) is 0 Å². The summed E-state index contributed by atoms with van der Waals surface area (Å²) in [7, 11) is -0.967. The van der Waals surface area contributed by atoms with E-state index in [-0.39, 0.29) is 5.56 Å². The van der Waals surface area contributed by atoms with E-state index in [1.54, 1.807) is 18.2 Å². The number of hydrogen-bond donors (Lipinski definition) is 0. The van der Waals surface area contributed by atoms with Crippen LogP contribution >= 0.6 is 0 Å². The quantitative estimate of drug-likeness (QED) is 0.432. The number of carbonyl (C=O) groups excluding carboxylic acids is 2. The molecule has 0 bridgehead atoms. The Bertz CT molecular complexity index is 439. The fourth-order valence-corrected chi connectivity index (χ4v) is 2.02. The topological polar surface area (TPSA) is 52.6 Å². The molecule has 0 saturated carbocycles. The number of hydrogen-bond acceptors (Lipinski definition) is 4. The number of cyclic esters (lactones) is 2. The first kappa shape index (κ1) is 9.91. The molecule has 1 aromatic carbocycles. The summed E-state index contributed by atoms with van der Waals surface area (Å²) in [5, 5.41) is 0. The van der Waals surface area contributed by atoms with Crippen LogP contribution in [0.4, 0.5) is 0 Å². The number of benzene rings is 1. The van der Waals surface area contributed by atoms with Crippen molar-refractivity contribution in [3.8, 4) is 5.75 Å². The average Bonchev–Trinajstić information content (AvgIpc) is 2.43. The number of esters is 2. The maximum Gasteiger partial charge on any atom is 0.350 e. The first-order valence-electron chi connectivity index (χ1n) is 4.47. The number of rotatable bonds is 2. The van der Waals surface area contributed by atoms with Crippen molar-refractivity contribution in [3.63, 3.8) is 0 Å². The van der Waals surface area contributed by atoms with Gasteiger partial charge >= 0.3 is 11.9 Å². The molecule has 0 aromatic heterocycles. The van der Waals surface area contributed by atoms with Crippen molar-refractivity contribution in [2.75, 3.05) is 0 Å². The van der Waals surface area contributed by atoms with E-state index in [1.165, 1.54) is 0 Å². The Morgan fingerprint density at radius 1 is 1.20 bits per heavy atom. The molecule has 15 heavy (non-hydrogen) atoms. The minimum atomic E-state index is -0.967. The van der Waals surface area contributed by atoms with Gasteiger partial charge in [-0.3, -0.25) is 0 Å².